The molecule has 10 unspecified atom stereocenters. The molecular weight excluding hydrogens is 724 g/mol. The van der Waals surface area contributed by atoms with E-state index in [0.717, 1.165) is 7.11 Å². The van der Waals surface area contributed by atoms with Gasteiger partial charge in [0, 0.05) is 6.61 Å². The van der Waals surface area contributed by atoms with Gasteiger partial charge in [-0.05, 0) is 6.92 Å². The Labute approximate surface area is 296 Å². The standard InChI is InChI=1S/C12H22O11.C6H12O6.C6H14O6.C2H6O.CH3O/c13-1-3-5(15)6(16)9(19)12(22-3)23-10-4(2-14)21-11(20)8(18)7(10)17;7-1-2-3(8)4(9)5(10)6(11)12-2;7-1-3(9)5(11)6(12)4(10)2-8;1-2-3;1-2/h3-20H,1-2H2;2-11H,1H2;3-12H,1-2H2;3H,2H2,1H3;1H3/t3-,4-,5-,6+,7-,8-,9-,10-,11?,12-;;;;/m1..../s1. The number of rotatable bonds is 10. The summed E-state index contributed by atoms with van der Waals surface area (Å²) in [4.78, 5) is 0. The summed E-state index contributed by atoms with van der Waals surface area (Å²) in [5, 5.41) is 189. The smallest absolute Gasteiger partial charge is 0.187 e. The number of hydrogen-bond acceptors (Lipinski definition) is 24. The minimum Gasteiger partial charge on any atom is -0.397 e. The fourth-order valence-corrected chi connectivity index (χ4v) is 4.32. The van der Waals surface area contributed by atoms with E-state index in [4.69, 9.17) is 85.7 Å². The summed E-state index contributed by atoms with van der Waals surface area (Å²) in [6.45, 7) is -1.39. The minimum absolute atomic E-state index is 0.250. The van der Waals surface area contributed by atoms with E-state index in [0.29, 0.717) is 0 Å². The van der Waals surface area contributed by atoms with Gasteiger partial charge in [0.25, 0.3) is 0 Å². The summed E-state index contributed by atoms with van der Waals surface area (Å²) in [7, 11) is 0.750. The molecule has 0 aliphatic carbocycles. The number of aliphatic hydroxyl groups is 20. The van der Waals surface area contributed by atoms with Gasteiger partial charge in [-0.3, -0.25) is 0 Å². The quantitative estimate of drug-likeness (QED) is 0.0978. The van der Waals surface area contributed by atoms with Crippen molar-refractivity contribution in [2.45, 2.75) is 123 Å². The van der Waals surface area contributed by atoms with Gasteiger partial charge in [0.15, 0.2) is 18.9 Å². The first-order valence-electron chi connectivity index (χ1n) is 15.6. The predicted molar refractivity (Wildman–Crippen MR) is 162 cm³/mol. The summed E-state index contributed by atoms with van der Waals surface area (Å²) in [6.07, 6.45) is -29.0. The van der Waals surface area contributed by atoms with Crippen molar-refractivity contribution >= 4 is 0 Å². The molecular formula is C27H57O25. The molecule has 20 N–H and O–H groups in total. The average Bonchev–Trinajstić information content (AvgIpc) is 3.15. The Hall–Kier alpha value is -1.00. The molecule has 0 aromatic rings. The molecule has 1 radical (unpaired) electrons. The van der Waals surface area contributed by atoms with Crippen LogP contribution in [0.3, 0.4) is 0 Å². The lowest BCUT2D eigenvalue weighted by atomic mass is 9.97. The maximum absolute atomic E-state index is 9.94. The molecule has 0 amide bonds. The fourth-order valence-electron chi connectivity index (χ4n) is 4.32. The van der Waals surface area contributed by atoms with Crippen LogP contribution in [0, 0.1) is 0 Å². The number of aliphatic hydroxyl groups excluding tert-OH is 20. The van der Waals surface area contributed by atoms with Crippen molar-refractivity contribution in [1.82, 2.24) is 0 Å². The molecule has 3 aliphatic rings. The van der Waals surface area contributed by atoms with E-state index in [-0.39, 0.29) is 6.61 Å². The summed E-state index contributed by atoms with van der Waals surface area (Å²) in [6, 6.07) is 0. The SMILES string of the molecule is CCO.C[O].OCC(O)C(O)C(O)C(O)CO.OCC1OC(O)C(O)C(O)C1O.OC[C@H]1O[C@H](O[C@H]2[C@H](O)[C@@H](O)C(O)O[C@@H]2CO)[C@H](O)[C@@H](O)[C@@H]1O. The Balaban J connectivity index is 0. The van der Waals surface area contributed by atoms with Crippen LogP contribution < -0.4 is 0 Å². The monoisotopic (exact) mass is 781 g/mol. The molecule has 52 heavy (non-hydrogen) atoms. The highest BCUT2D eigenvalue weighted by molar-refractivity contribution is 4.94. The molecule has 25 heteroatoms. The Morgan fingerprint density at radius 2 is 0.808 bits per heavy atom. The van der Waals surface area contributed by atoms with Crippen molar-refractivity contribution in [3.05, 3.63) is 0 Å². The Morgan fingerprint density at radius 3 is 1.17 bits per heavy atom. The third-order valence-electron chi connectivity index (χ3n) is 7.36. The van der Waals surface area contributed by atoms with Gasteiger partial charge >= 0.3 is 0 Å². The Kier molecular flexibility index (Phi) is 28.1. The van der Waals surface area contributed by atoms with E-state index in [2.05, 4.69) is 4.74 Å². The van der Waals surface area contributed by atoms with Crippen molar-refractivity contribution in [2.75, 3.05) is 46.8 Å². The van der Waals surface area contributed by atoms with E-state index < -0.39 is 150 Å². The Bertz CT molecular complexity index is 837. The minimum atomic E-state index is -1.74. The van der Waals surface area contributed by atoms with Crippen LogP contribution >= 0.6 is 0 Å². The van der Waals surface area contributed by atoms with E-state index in [1.54, 1.807) is 6.92 Å². The second-order valence-corrected chi connectivity index (χ2v) is 11.0. The van der Waals surface area contributed by atoms with Gasteiger partial charge in [0.2, 0.25) is 0 Å². The van der Waals surface area contributed by atoms with Gasteiger partial charge in [-0.1, -0.05) is 0 Å². The van der Waals surface area contributed by atoms with E-state index in [1.807, 2.05) is 0 Å². The maximum atomic E-state index is 9.94. The lowest BCUT2D eigenvalue weighted by molar-refractivity contribution is -0.355. The first kappa shape index (κ1) is 53.1. The first-order valence-corrected chi connectivity index (χ1v) is 15.6. The molecule has 19 atom stereocenters. The highest BCUT2D eigenvalue weighted by atomic mass is 16.7. The van der Waals surface area contributed by atoms with Gasteiger partial charge in [0.1, 0.15) is 97.7 Å². The van der Waals surface area contributed by atoms with Gasteiger partial charge in [0.05, 0.1) is 40.1 Å². The van der Waals surface area contributed by atoms with Crippen LogP contribution in [0.25, 0.3) is 0 Å². The third kappa shape index (κ3) is 15.6. The van der Waals surface area contributed by atoms with Crippen LogP contribution in [-0.4, -0.2) is 265 Å². The van der Waals surface area contributed by atoms with E-state index in [1.165, 1.54) is 0 Å². The lowest BCUT2D eigenvalue weighted by Crippen LogP contribution is -2.64. The van der Waals surface area contributed by atoms with Gasteiger partial charge in [-0.2, -0.15) is 0 Å². The topological polar surface area (TPSA) is 461 Å². The van der Waals surface area contributed by atoms with Crippen LogP contribution in [0.15, 0.2) is 0 Å². The van der Waals surface area contributed by atoms with Crippen molar-refractivity contribution in [2.24, 2.45) is 0 Å². The van der Waals surface area contributed by atoms with Gasteiger partial charge < -0.3 is 121 Å². The Morgan fingerprint density at radius 1 is 0.481 bits per heavy atom. The van der Waals surface area contributed by atoms with Crippen molar-refractivity contribution in [1.29, 1.82) is 0 Å². The van der Waals surface area contributed by atoms with E-state index >= 15 is 0 Å². The molecule has 0 bridgehead atoms. The highest BCUT2D eigenvalue weighted by Crippen LogP contribution is 2.28. The molecule has 0 spiro atoms. The number of hydrogen-bond donors (Lipinski definition) is 20. The molecule has 315 valence electrons. The first-order chi connectivity index (χ1) is 24.3. The summed E-state index contributed by atoms with van der Waals surface area (Å²) in [5.74, 6) is 0. The zero-order valence-corrected chi connectivity index (χ0v) is 28.2. The summed E-state index contributed by atoms with van der Waals surface area (Å²) in [5.41, 5.74) is 0. The van der Waals surface area contributed by atoms with Crippen molar-refractivity contribution in [3.8, 4) is 0 Å². The number of ether oxygens (including phenoxy) is 4. The molecule has 3 heterocycles. The second-order valence-electron chi connectivity index (χ2n) is 11.0. The molecule has 0 aromatic carbocycles. The maximum Gasteiger partial charge on any atom is 0.187 e. The largest absolute Gasteiger partial charge is 0.397 e. The fraction of sp³-hybridized carbons (Fsp3) is 1.00. The third-order valence-corrected chi connectivity index (χ3v) is 7.36. The van der Waals surface area contributed by atoms with Crippen LogP contribution in [0.1, 0.15) is 6.92 Å². The molecule has 0 aromatic heterocycles. The normalized spacial score (nSPS) is 39.6. The summed E-state index contributed by atoms with van der Waals surface area (Å²) >= 11 is 0. The van der Waals surface area contributed by atoms with Crippen molar-refractivity contribution < 1.29 is 126 Å². The second kappa shape index (κ2) is 27.6. The predicted octanol–water partition coefficient (Wildman–Crippen LogP) is -12.2. The summed E-state index contributed by atoms with van der Waals surface area (Å²) < 4.78 is 19.8. The van der Waals surface area contributed by atoms with Crippen LogP contribution in [0.4, 0.5) is 0 Å². The van der Waals surface area contributed by atoms with E-state index in [9.17, 15) is 35.7 Å². The molecule has 3 aliphatic heterocycles. The zero-order chi connectivity index (χ0) is 41.0. The lowest BCUT2D eigenvalue weighted by Gasteiger charge is -2.45. The highest BCUT2D eigenvalue weighted by Gasteiger charge is 2.50. The molecule has 3 fully saturated rings. The zero-order valence-electron chi connectivity index (χ0n) is 28.2. The molecule has 3 rings (SSSR count). The van der Waals surface area contributed by atoms with Gasteiger partial charge in [-0.25, -0.2) is 5.11 Å². The molecule has 0 saturated carbocycles. The van der Waals surface area contributed by atoms with Gasteiger partial charge in [-0.15, -0.1) is 0 Å². The van der Waals surface area contributed by atoms with Crippen molar-refractivity contribution in [3.63, 3.8) is 0 Å². The molecule has 25 nitrogen and oxygen atoms in total. The average molecular weight is 782 g/mol. The molecule has 3 saturated heterocycles. The van der Waals surface area contributed by atoms with Crippen LogP contribution in [0.2, 0.25) is 0 Å². The van der Waals surface area contributed by atoms with Crippen LogP contribution in [-0.2, 0) is 24.1 Å². The van der Waals surface area contributed by atoms with Crippen LogP contribution in [0.5, 0.6) is 0 Å².